The van der Waals surface area contributed by atoms with Crippen LogP contribution in [-0.2, 0) is 24.4 Å². The van der Waals surface area contributed by atoms with Crippen molar-refractivity contribution in [3.05, 3.63) is 77.4 Å². The van der Waals surface area contributed by atoms with Crippen molar-refractivity contribution in [2.24, 2.45) is 5.92 Å². The summed E-state index contributed by atoms with van der Waals surface area (Å²) in [5.74, 6) is -1.84. The summed E-state index contributed by atoms with van der Waals surface area (Å²) >= 11 is 3.55. The van der Waals surface area contributed by atoms with Crippen molar-refractivity contribution in [2.45, 2.75) is 93.1 Å². The fourth-order valence-electron chi connectivity index (χ4n) is 7.02. The van der Waals surface area contributed by atoms with Gasteiger partial charge in [-0.15, -0.1) is 5.10 Å². The van der Waals surface area contributed by atoms with Crippen molar-refractivity contribution in [3.63, 3.8) is 0 Å². The lowest BCUT2D eigenvalue weighted by molar-refractivity contribution is -0.140. The topological polar surface area (TPSA) is 155 Å². The number of carbonyl (C=O) groups excluding carboxylic acids is 3. The summed E-state index contributed by atoms with van der Waals surface area (Å²) in [6.45, 7) is 1.79. The molecule has 3 amide bonds. The molecule has 4 aliphatic rings. The van der Waals surface area contributed by atoms with Crippen LogP contribution in [0.25, 0.3) is 11.3 Å². The summed E-state index contributed by atoms with van der Waals surface area (Å²) in [6, 6.07) is 17.2. The lowest BCUT2D eigenvalue weighted by Crippen LogP contribution is -2.58. The SMILES string of the molecule is CC1(S(=O)(=O)NC(=O)[C@@]23C[C@H]2/C=C\CCCCC[C@H](Nc2ccccc2)C(=O)N2C[C@H](n4nc(Br)c(-c5ccccc5)n4)C[C@H]2C(=O)N3)CC1. The normalized spacial score (nSPS) is 28.6. The number of para-hydroxylation sites is 1. The molecule has 2 aromatic carbocycles. The number of benzene rings is 2. The number of sulfonamides is 1. The Morgan fingerprint density at radius 3 is 2.44 bits per heavy atom. The van der Waals surface area contributed by atoms with Crippen LogP contribution < -0.4 is 15.4 Å². The predicted octanol–water partition coefficient (Wildman–Crippen LogP) is 4.72. The third-order valence-corrected chi connectivity index (χ3v) is 13.3. The van der Waals surface area contributed by atoms with Crippen molar-refractivity contribution < 1.29 is 22.8 Å². The molecule has 0 radical (unpaired) electrons. The maximum atomic E-state index is 14.5. The highest BCUT2D eigenvalue weighted by atomic mass is 79.9. The van der Waals surface area contributed by atoms with Crippen LogP contribution in [0.1, 0.15) is 70.8 Å². The van der Waals surface area contributed by atoms with Crippen LogP contribution in [0, 0.1) is 5.92 Å². The lowest BCUT2D eigenvalue weighted by Gasteiger charge is -2.30. The van der Waals surface area contributed by atoms with Gasteiger partial charge in [0, 0.05) is 30.1 Å². The monoisotopic (exact) mass is 763 g/mol. The molecule has 3 fully saturated rings. The fraction of sp³-hybridized carbons (Fsp3) is 0.472. The summed E-state index contributed by atoms with van der Waals surface area (Å²) in [5.41, 5.74) is 0.878. The number of halogens is 1. The largest absolute Gasteiger partial charge is 0.374 e. The van der Waals surface area contributed by atoms with E-state index in [-0.39, 0.29) is 31.2 Å². The molecule has 5 atom stereocenters. The number of fused-ring (bicyclic) bond motifs is 2. The maximum Gasteiger partial charge on any atom is 0.259 e. The number of amides is 3. The van der Waals surface area contributed by atoms with Crippen LogP contribution >= 0.6 is 15.9 Å². The highest BCUT2D eigenvalue weighted by Crippen LogP contribution is 2.47. The van der Waals surface area contributed by atoms with E-state index in [1.165, 1.54) is 0 Å². The molecule has 3 heterocycles. The molecule has 3 N–H and O–H groups in total. The molecule has 1 aromatic heterocycles. The molecule has 2 saturated carbocycles. The van der Waals surface area contributed by atoms with E-state index in [0.29, 0.717) is 29.6 Å². The van der Waals surface area contributed by atoms with Gasteiger partial charge in [0.15, 0.2) is 4.60 Å². The molecule has 1 saturated heterocycles. The summed E-state index contributed by atoms with van der Waals surface area (Å²) in [5, 5.41) is 15.8. The van der Waals surface area contributed by atoms with E-state index in [2.05, 4.69) is 36.4 Å². The molecule has 0 spiro atoms. The first-order valence-electron chi connectivity index (χ1n) is 17.3. The average Bonchev–Trinajstić information content (AvgIpc) is 3.91. The Balaban J connectivity index is 1.21. The fourth-order valence-corrected chi connectivity index (χ4v) is 8.80. The van der Waals surface area contributed by atoms with Gasteiger partial charge in [0.25, 0.3) is 5.91 Å². The van der Waals surface area contributed by atoms with E-state index in [4.69, 9.17) is 5.10 Å². The number of anilines is 1. The molecule has 3 aromatic rings. The van der Waals surface area contributed by atoms with Crippen LogP contribution in [0.15, 0.2) is 77.4 Å². The van der Waals surface area contributed by atoms with E-state index >= 15 is 0 Å². The molecular formula is C36H42BrN7O5S. The summed E-state index contributed by atoms with van der Waals surface area (Å²) in [6.07, 6.45) is 9.29. The lowest BCUT2D eigenvalue weighted by atomic mass is 10.0. The minimum atomic E-state index is -3.93. The Kier molecular flexibility index (Phi) is 9.35. The van der Waals surface area contributed by atoms with Crippen molar-refractivity contribution in [1.29, 1.82) is 0 Å². The third-order valence-electron chi connectivity index (χ3n) is 10.6. The first kappa shape index (κ1) is 34.4. The highest BCUT2D eigenvalue weighted by molar-refractivity contribution is 9.10. The molecule has 50 heavy (non-hydrogen) atoms. The summed E-state index contributed by atoms with van der Waals surface area (Å²) in [7, 11) is -3.93. The van der Waals surface area contributed by atoms with E-state index in [1.807, 2.05) is 72.8 Å². The second-order valence-corrected chi connectivity index (χ2v) is 17.2. The van der Waals surface area contributed by atoms with Crippen LogP contribution in [0.2, 0.25) is 0 Å². The van der Waals surface area contributed by atoms with Gasteiger partial charge in [-0.25, -0.2) is 8.42 Å². The Morgan fingerprint density at radius 2 is 1.72 bits per heavy atom. The van der Waals surface area contributed by atoms with Gasteiger partial charge in [-0.1, -0.05) is 73.5 Å². The molecule has 0 unspecified atom stereocenters. The number of aromatic nitrogens is 3. The minimum Gasteiger partial charge on any atom is -0.374 e. The maximum absolute atomic E-state index is 14.5. The minimum absolute atomic E-state index is 0.175. The molecule has 7 rings (SSSR count). The second-order valence-electron chi connectivity index (χ2n) is 14.2. The number of rotatable bonds is 7. The number of hydrogen-bond donors (Lipinski definition) is 3. The smallest absolute Gasteiger partial charge is 0.259 e. The predicted molar refractivity (Wildman–Crippen MR) is 192 cm³/mol. The van der Waals surface area contributed by atoms with E-state index in [9.17, 15) is 22.8 Å². The zero-order valence-corrected chi connectivity index (χ0v) is 30.3. The Labute approximate surface area is 300 Å². The number of carbonyl (C=O) groups is 3. The summed E-state index contributed by atoms with van der Waals surface area (Å²) in [4.78, 5) is 45.9. The van der Waals surface area contributed by atoms with E-state index in [1.54, 1.807) is 16.6 Å². The van der Waals surface area contributed by atoms with Crippen LogP contribution in [0.3, 0.4) is 0 Å². The molecule has 2 aliphatic heterocycles. The van der Waals surface area contributed by atoms with Crippen molar-refractivity contribution in [1.82, 2.24) is 29.9 Å². The quantitative estimate of drug-likeness (QED) is 0.292. The van der Waals surface area contributed by atoms with E-state index in [0.717, 1.165) is 36.9 Å². The van der Waals surface area contributed by atoms with Gasteiger partial charge in [0.1, 0.15) is 23.3 Å². The second kappa shape index (κ2) is 13.6. The van der Waals surface area contributed by atoms with Gasteiger partial charge < -0.3 is 15.5 Å². The van der Waals surface area contributed by atoms with Gasteiger partial charge in [0.05, 0.1) is 10.8 Å². The zero-order chi connectivity index (χ0) is 35.1. The molecular weight excluding hydrogens is 722 g/mol. The Hall–Kier alpha value is -4.04. The third kappa shape index (κ3) is 6.83. The highest BCUT2D eigenvalue weighted by Gasteiger charge is 2.63. The number of nitrogens with zero attached hydrogens (tertiary/aromatic N) is 4. The zero-order valence-electron chi connectivity index (χ0n) is 27.9. The van der Waals surface area contributed by atoms with Gasteiger partial charge in [-0.3, -0.25) is 19.1 Å². The molecule has 14 heteroatoms. The first-order chi connectivity index (χ1) is 24.0. The van der Waals surface area contributed by atoms with Crippen molar-refractivity contribution in [2.75, 3.05) is 11.9 Å². The number of hydrogen-bond acceptors (Lipinski definition) is 8. The summed E-state index contributed by atoms with van der Waals surface area (Å²) < 4.78 is 28.1. The van der Waals surface area contributed by atoms with Gasteiger partial charge in [0.2, 0.25) is 21.8 Å². The van der Waals surface area contributed by atoms with E-state index < -0.39 is 50.2 Å². The first-order valence-corrected chi connectivity index (χ1v) is 19.6. The Bertz CT molecular complexity index is 1900. The molecule has 12 nitrogen and oxygen atoms in total. The van der Waals surface area contributed by atoms with Crippen LogP contribution in [0.4, 0.5) is 5.69 Å². The van der Waals surface area contributed by atoms with Gasteiger partial charge in [-0.2, -0.15) is 9.90 Å². The number of allylic oxidation sites excluding steroid dienone is 1. The average molecular weight is 765 g/mol. The van der Waals surface area contributed by atoms with Gasteiger partial charge in [-0.05, 0) is 73.5 Å². The standard InChI is InChI=1S/C36H42BrN7O5S/c1-35(19-20-35)50(48,49)42-34(47)36-22-25(36)15-9-3-2-4-12-18-28(38-26-16-10-6-11-17-26)33(46)43-23-27(21-29(43)32(45)39-36)44-40-30(31(37)41-44)24-13-7-5-8-14-24/h5-11,13-17,25,27-29,38H,2-4,12,18-23H2,1H3,(H,39,45)(H,42,47)/b15-9-/t25-,27-,28+,29+,36-/m1/s1. The number of nitrogens with one attached hydrogen (secondary N) is 3. The van der Waals surface area contributed by atoms with Crippen molar-refractivity contribution in [3.8, 4) is 11.3 Å². The van der Waals surface area contributed by atoms with Crippen LogP contribution in [-0.4, -0.2) is 74.9 Å². The molecule has 264 valence electrons. The molecule has 0 bridgehead atoms. The molecule has 2 aliphatic carbocycles. The van der Waals surface area contributed by atoms with Crippen LogP contribution in [0.5, 0.6) is 0 Å². The van der Waals surface area contributed by atoms with Gasteiger partial charge >= 0.3 is 0 Å². The van der Waals surface area contributed by atoms with Crippen molar-refractivity contribution >= 4 is 49.4 Å². The Morgan fingerprint density at radius 1 is 1.00 bits per heavy atom.